The highest BCUT2D eigenvalue weighted by molar-refractivity contribution is 7.10. The van der Waals surface area contributed by atoms with Gasteiger partial charge in [-0.3, -0.25) is 14.4 Å². The standard InChI is InChI=1S/C26H34N4O3S/c1-17(27-2)24(32)29-22(18-10-5-3-6-11-18)26(33)30-15-9-14-21(30)25-28-20(16-34-25)23(31)19-12-7-4-8-13-19/h4,7-8,12-13,16-18,21-22,27H,3,5-6,9-11,14-15H2,1-2H3,(H,29,32)/t17?,21-,22-/m0/s1. The summed E-state index contributed by atoms with van der Waals surface area (Å²) in [5, 5.41) is 8.62. The quantitative estimate of drug-likeness (QED) is 0.560. The topological polar surface area (TPSA) is 91.4 Å². The first-order valence-electron chi connectivity index (χ1n) is 12.3. The Balaban J connectivity index is 1.53. The molecule has 2 aromatic rings. The van der Waals surface area contributed by atoms with Crippen molar-refractivity contribution in [3.63, 3.8) is 0 Å². The zero-order valence-corrected chi connectivity index (χ0v) is 20.8. The lowest BCUT2D eigenvalue weighted by Crippen LogP contribution is -2.55. The molecule has 2 heterocycles. The van der Waals surface area contributed by atoms with E-state index in [0.29, 0.717) is 17.8 Å². The molecule has 182 valence electrons. The average Bonchev–Trinajstić information content (AvgIpc) is 3.57. The summed E-state index contributed by atoms with van der Waals surface area (Å²) in [6, 6.07) is 8.10. The van der Waals surface area contributed by atoms with Gasteiger partial charge in [0.15, 0.2) is 0 Å². The van der Waals surface area contributed by atoms with E-state index < -0.39 is 6.04 Å². The Kier molecular flexibility index (Phi) is 8.11. The van der Waals surface area contributed by atoms with Crippen LogP contribution in [0.5, 0.6) is 0 Å². The number of benzene rings is 1. The first kappa shape index (κ1) is 24.5. The van der Waals surface area contributed by atoms with Crippen LogP contribution in [0, 0.1) is 5.92 Å². The van der Waals surface area contributed by atoms with Crippen LogP contribution in [-0.4, -0.2) is 53.2 Å². The van der Waals surface area contributed by atoms with Crippen molar-refractivity contribution in [2.75, 3.05) is 13.6 Å². The molecule has 3 atom stereocenters. The fraction of sp³-hybridized carbons (Fsp3) is 0.538. The molecule has 4 rings (SSSR count). The summed E-state index contributed by atoms with van der Waals surface area (Å²) in [4.78, 5) is 45.9. The fourth-order valence-corrected chi connectivity index (χ4v) is 5.95. The Hall–Kier alpha value is -2.58. The van der Waals surface area contributed by atoms with E-state index in [1.807, 2.05) is 23.1 Å². The number of hydrogen-bond donors (Lipinski definition) is 2. The molecule has 8 heteroatoms. The van der Waals surface area contributed by atoms with Crippen LogP contribution >= 0.6 is 11.3 Å². The van der Waals surface area contributed by atoms with Gasteiger partial charge in [0.25, 0.3) is 0 Å². The Bertz CT molecular complexity index is 1000. The number of aromatic nitrogens is 1. The maximum atomic E-state index is 13.8. The minimum absolute atomic E-state index is 0.0165. The van der Waals surface area contributed by atoms with E-state index in [0.717, 1.165) is 43.5 Å². The molecule has 1 aromatic heterocycles. The van der Waals surface area contributed by atoms with Crippen molar-refractivity contribution in [2.24, 2.45) is 5.92 Å². The molecule has 2 amide bonds. The third-order valence-corrected chi connectivity index (χ3v) is 8.07. The van der Waals surface area contributed by atoms with Gasteiger partial charge in [-0.2, -0.15) is 0 Å². The van der Waals surface area contributed by atoms with Crippen LogP contribution in [0.4, 0.5) is 0 Å². The highest BCUT2D eigenvalue weighted by Crippen LogP contribution is 2.36. The summed E-state index contributed by atoms with van der Waals surface area (Å²) in [5.41, 5.74) is 1.03. The lowest BCUT2D eigenvalue weighted by atomic mass is 9.83. The normalized spacial score (nSPS) is 20.6. The highest BCUT2D eigenvalue weighted by Gasteiger charge is 2.40. The zero-order valence-electron chi connectivity index (χ0n) is 20.0. The second kappa shape index (κ2) is 11.2. The van der Waals surface area contributed by atoms with Crippen molar-refractivity contribution in [3.8, 4) is 0 Å². The number of amides is 2. The number of nitrogens with one attached hydrogen (secondary N) is 2. The van der Waals surface area contributed by atoms with E-state index in [9.17, 15) is 14.4 Å². The number of rotatable bonds is 8. The molecule has 1 saturated heterocycles. The Labute approximate surface area is 205 Å². The van der Waals surface area contributed by atoms with Crippen LogP contribution < -0.4 is 10.6 Å². The minimum Gasteiger partial charge on any atom is -0.343 e. The predicted molar refractivity (Wildman–Crippen MR) is 133 cm³/mol. The first-order valence-corrected chi connectivity index (χ1v) is 13.2. The van der Waals surface area contributed by atoms with Crippen molar-refractivity contribution in [1.29, 1.82) is 0 Å². The second-order valence-electron chi connectivity index (χ2n) is 9.35. The van der Waals surface area contributed by atoms with E-state index in [-0.39, 0.29) is 35.6 Å². The second-order valence-corrected chi connectivity index (χ2v) is 10.2. The van der Waals surface area contributed by atoms with Crippen LogP contribution in [0.2, 0.25) is 0 Å². The molecule has 34 heavy (non-hydrogen) atoms. The summed E-state index contributed by atoms with van der Waals surface area (Å²) >= 11 is 1.44. The maximum Gasteiger partial charge on any atom is 0.246 e. The van der Waals surface area contributed by atoms with Crippen molar-refractivity contribution in [2.45, 2.75) is 70.0 Å². The van der Waals surface area contributed by atoms with Gasteiger partial charge in [0.1, 0.15) is 16.7 Å². The number of likely N-dealkylation sites (N-methyl/N-ethyl adjacent to an activating group) is 1. The lowest BCUT2D eigenvalue weighted by molar-refractivity contribution is -0.139. The average molecular weight is 483 g/mol. The van der Waals surface area contributed by atoms with Gasteiger partial charge in [-0.15, -0.1) is 11.3 Å². The van der Waals surface area contributed by atoms with Crippen LogP contribution in [0.15, 0.2) is 35.7 Å². The van der Waals surface area contributed by atoms with Crippen molar-refractivity contribution in [1.82, 2.24) is 20.5 Å². The van der Waals surface area contributed by atoms with Gasteiger partial charge in [-0.1, -0.05) is 49.6 Å². The summed E-state index contributed by atoms with van der Waals surface area (Å²) in [7, 11) is 1.75. The molecule has 7 nitrogen and oxygen atoms in total. The molecule has 1 aromatic carbocycles. The molecular formula is C26H34N4O3S. The van der Waals surface area contributed by atoms with E-state index in [4.69, 9.17) is 0 Å². The smallest absolute Gasteiger partial charge is 0.246 e. The monoisotopic (exact) mass is 482 g/mol. The molecule has 1 saturated carbocycles. The molecule has 0 radical (unpaired) electrons. The maximum absolute atomic E-state index is 13.8. The molecule has 1 aliphatic heterocycles. The van der Waals surface area contributed by atoms with Gasteiger partial charge >= 0.3 is 0 Å². The first-order chi connectivity index (χ1) is 16.5. The van der Waals surface area contributed by atoms with Gasteiger partial charge in [0.05, 0.1) is 12.1 Å². The fourth-order valence-electron chi connectivity index (χ4n) is 5.01. The Morgan fingerprint density at radius 2 is 1.79 bits per heavy atom. The number of thiazole rings is 1. The lowest BCUT2D eigenvalue weighted by Gasteiger charge is -2.35. The highest BCUT2D eigenvalue weighted by atomic mass is 32.1. The number of nitrogens with zero attached hydrogens (tertiary/aromatic N) is 2. The Morgan fingerprint density at radius 3 is 2.50 bits per heavy atom. The van der Waals surface area contributed by atoms with Crippen LogP contribution in [0.3, 0.4) is 0 Å². The third kappa shape index (κ3) is 5.39. The predicted octanol–water partition coefficient (Wildman–Crippen LogP) is 3.71. The molecule has 2 aliphatic rings. The number of carbonyl (C=O) groups is 3. The van der Waals surface area contributed by atoms with E-state index in [1.54, 1.807) is 31.5 Å². The van der Waals surface area contributed by atoms with Gasteiger partial charge in [-0.25, -0.2) is 4.98 Å². The third-order valence-electron chi connectivity index (χ3n) is 7.12. The van der Waals surface area contributed by atoms with E-state index in [2.05, 4.69) is 15.6 Å². The molecule has 0 bridgehead atoms. The van der Waals surface area contributed by atoms with Crippen LogP contribution in [0.25, 0.3) is 0 Å². The summed E-state index contributed by atoms with van der Waals surface area (Å²) in [6.07, 6.45) is 6.97. The number of likely N-dealkylation sites (tertiary alicyclic amines) is 1. The minimum atomic E-state index is -0.519. The summed E-state index contributed by atoms with van der Waals surface area (Å²) in [6.45, 7) is 2.45. The number of ketones is 1. The van der Waals surface area contributed by atoms with Crippen LogP contribution in [0.1, 0.15) is 79.0 Å². The number of carbonyl (C=O) groups excluding carboxylic acids is 3. The molecule has 1 unspecified atom stereocenters. The van der Waals surface area contributed by atoms with Crippen LogP contribution in [-0.2, 0) is 9.59 Å². The largest absolute Gasteiger partial charge is 0.343 e. The molecular weight excluding hydrogens is 448 g/mol. The molecule has 1 aliphatic carbocycles. The molecule has 2 fully saturated rings. The van der Waals surface area contributed by atoms with E-state index in [1.165, 1.54) is 17.8 Å². The van der Waals surface area contributed by atoms with Crippen molar-refractivity contribution < 1.29 is 14.4 Å². The van der Waals surface area contributed by atoms with Gasteiger partial charge in [0.2, 0.25) is 17.6 Å². The molecule has 2 N–H and O–H groups in total. The van der Waals surface area contributed by atoms with Crippen molar-refractivity contribution in [3.05, 3.63) is 52.0 Å². The van der Waals surface area contributed by atoms with Gasteiger partial charge in [-0.05, 0) is 45.6 Å². The summed E-state index contributed by atoms with van der Waals surface area (Å²) in [5.74, 6) is -0.112. The Morgan fingerprint density at radius 1 is 1.06 bits per heavy atom. The summed E-state index contributed by atoms with van der Waals surface area (Å²) < 4.78 is 0. The SMILES string of the molecule is CNC(C)C(=O)N[C@H](C(=O)N1CCC[C@H]1c1nc(C(=O)c2ccccc2)cs1)C1CCCCC1. The van der Waals surface area contributed by atoms with Gasteiger partial charge in [0, 0.05) is 17.5 Å². The molecule has 0 spiro atoms. The van der Waals surface area contributed by atoms with Gasteiger partial charge < -0.3 is 15.5 Å². The van der Waals surface area contributed by atoms with Crippen molar-refractivity contribution >= 4 is 28.9 Å². The van der Waals surface area contributed by atoms with E-state index >= 15 is 0 Å². The number of hydrogen-bond acceptors (Lipinski definition) is 6. The zero-order chi connectivity index (χ0) is 24.1.